The minimum absolute atomic E-state index is 0.0480. The zero-order valence-corrected chi connectivity index (χ0v) is 17.0. The number of hydrogen-bond acceptors (Lipinski definition) is 4. The van der Waals surface area contributed by atoms with E-state index >= 15 is 0 Å². The molecule has 5 nitrogen and oxygen atoms in total. The zero-order valence-electron chi connectivity index (χ0n) is 15.3. The maximum Gasteiger partial charge on any atom is 0.261 e. The molecule has 3 rings (SSSR count). The zero-order chi connectivity index (χ0) is 20.7. The molecule has 0 saturated carbocycles. The minimum atomic E-state index is -3.90. The van der Waals surface area contributed by atoms with E-state index in [4.69, 9.17) is 0 Å². The summed E-state index contributed by atoms with van der Waals surface area (Å²) in [6, 6.07) is 20.6. The Kier molecular flexibility index (Phi) is 6.90. The number of hydrogen-bond donors (Lipinski definition) is 2. The van der Waals surface area contributed by atoms with E-state index in [0.29, 0.717) is 12.3 Å². The number of rotatable bonds is 8. The van der Waals surface area contributed by atoms with Crippen molar-refractivity contribution in [1.82, 2.24) is 5.32 Å². The molecule has 0 atom stereocenters. The van der Waals surface area contributed by atoms with Crippen LogP contribution in [0.2, 0.25) is 0 Å². The fraction of sp³-hybridized carbons (Fsp3) is 0.0952. The average Bonchev–Trinajstić information content (AvgIpc) is 2.73. The Morgan fingerprint density at radius 3 is 2.38 bits per heavy atom. The lowest BCUT2D eigenvalue weighted by Gasteiger charge is -2.10. The summed E-state index contributed by atoms with van der Waals surface area (Å²) in [5.41, 5.74) is 0.482. The fourth-order valence-corrected chi connectivity index (χ4v) is 4.38. The molecular weight excluding hydrogens is 411 g/mol. The van der Waals surface area contributed by atoms with Gasteiger partial charge in [-0.15, -0.1) is 11.8 Å². The lowest BCUT2D eigenvalue weighted by atomic mass is 10.2. The quantitative estimate of drug-likeness (QED) is 0.416. The third kappa shape index (κ3) is 6.07. The van der Waals surface area contributed by atoms with E-state index in [1.54, 1.807) is 17.8 Å². The van der Waals surface area contributed by atoms with Gasteiger partial charge in [0.25, 0.3) is 15.9 Å². The Labute approximate surface area is 173 Å². The second kappa shape index (κ2) is 9.58. The third-order valence-electron chi connectivity index (χ3n) is 3.90. The van der Waals surface area contributed by atoms with Crippen LogP contribution in [0.1, 0.15) is 10.4 Å². The van der Waals surface area contributed by atoms with Gasteiger partial charge in [-0.05, 0) is 54.6 Å². The summed E-state index contributed by atoms with van der Waals surface area (Å²) in [6.45, 7) is 0.448. The molecule has 0 saturated heterocycles. The predicted octanol–water partition coefficient (Wildman–Crippen LogP) is 4.15. The Morgan fingerprint density at radius 2 is 1.66 bits per heavy atom. The van der Waals surface area contributed by atoms with E-state index in [-0.39, 0.29) is 22.1 Å². The van der Waals surface area contributed by atoms with Crippen LogP contribution in [0.4, 0.5) is 10.1 Å². The summed E-state index contributed by atoms with van der Waals surface area (Å²) >= 11 is 1.62. The molecule has 0 unspecified atom stereocenters. The smallest absolute Gasteiger partial charge is 0.261 e. The molecule has 3 aromatic rings. The monoisotopic (exact) mass is 430 g/mol. The molecule has 0 bridgehead atoms. The predicted molar refractivity (Wildman–Crippen MR) is 113 cm³/mol. The molecule has 1 amide bonds. The van der Waals surface area contributed by atoms with Gasteiger partial charge < -0.3 is 5.32 Å². The van der Waals surface area contributed by atoms with Gasteiger partial charge in [-0.3, -0.25) is 9.52 Å². The first-order valence-electron chi connectivity index (χ1n) is 8.78. The van der Waals surface area contributed by atoms with Gasteiger partial charge in [0.2, 0.25) is 0 Å². The highest BCUT2D eigenvalue weighted by molar-refractivity contribution is 7.99. The third-order valence-corrected chi connectivity index (χ3v) is 6.30. The van der Waals surface area contributed by atoms with Gasteiger partial charge in [0, 0.05) is 28.4 Å². The summed E-state index contributed by atoms with van der Waals surface area (Å²) in [4.78, 5) is 13.4. The summed E-state index contributed by atoms with van der Waals surface area (Å²) in [5, 5.41) is 2.79. The van der Waals surface area contributed by atoms with Crippen molar-refractivity contribution in [3.63, 3.8) is 0 Å². The Bertz CT molecular complexity index is 1070. The van der Waals surface area contributed by atoms with Gasteiger partial charge in [-0.2, -0.15) is 0 Å². The topological polar surface area (TPSA) is 75.3 Å². The van der Waals surface area contributed by atoms with Crippen LogP contribution in [0.3, 0.4) is 0 Å². The molecule has 0 aliphatic rings. The first kappa shape index (κ1) is 20.9. The van der Waals surface area contributed by atoms with Gasteiger partial charge in [-0.25, -0.2) is 12.8 Å². The average molecular weight is 431 g/mol. The van der Waals surface area contributed by atoms with E-state index in [9.17, 15) is 17.6 Å². The Balaban J connectivity index is 1.60. The molecule has 0 fully saturated rings. The Morgan fingerprint density at radius 1 is 0.931 bits per heavy atom. The molecule has 0 aliphatic heterocycles. The van der Waals surface area contributed by atoms with Crippen LogP contribution >= 0.6 is 11.8 Å². The van der Waals surface area contributed by atoms with Crippen LogP contribution in [0.5, 0.6) is 0 Å². The molecule has 150 valence electrons. The van der Waals surface area contributed by atoms with Crippen LogP contribution in [-0.4, -0.2) is 26.6 Å². The number of thioether (sulfide) groups is 1. The van der Waals surface area contributed by atoms with E-state index in [1.165, 1.54) is 30.3 Å². The number of sulfonamides is 1. The second-order valence-electron chi connectivity index (χ2n) is 6.06. The maximum absolute atomic E-state index is 13.0. The van der Waals surface area contributed by atoms with E-state index < -0.39 is 15.8 Å². The molecule has 0 aromatic heterocycles. The highest BCUT2D eigenvalue weighted by Gasteiger charge is 2.16. The molecule has 2 N–H and O–H groups in total. The number of nitrogens with one attached hydrogen (secondary N) is 2. The van der Waals surface area contributed by atoms with Gasteiger partial charge in [0.1, 0.15) is 5.82 Å². The van der Waals surface area contributed by atoms with Crippen LogP contribution in [0.25, 0.3) is 0 Å². The van der Waals surface area contributed by atoms with Crippen molar-refractivity contribution < 1.29 is 17.6 Å². The molecule has 3 aromatic carbocycles. The van der Waals surface area contributed by atoms with Crippen LogP contribution in [-0.2, 0) is 10.0 Å². The highest BCUT2D eigenvalue weighted by atomic mass is 32.2. The highest BCUT2D eigenvalue weighted by Crippen LogP contribution is 2.18. The van der Waals surface area contributed by atoms with Crippen LogP contribution in [0.15, 0.2) is 88.7 Å². The fourth-order valence-electron chi connectivity index (χ4n) is 2.49. The van der Waals surface area contributed by atoms with Crippen molar-refractivity contribution in [1.29, 1.82) is 0 Å². The van der Waals surface area contributed by atoms with Gasteiger partial charge >= 0.3 is 0 Å². The lowest BCUT2D eigenvalue weighted by molar-refractivity contribution is 0.0956. The molecule has 0 heterocycles. The summed E-state index contributed by atoms with van der Waals surface area (Å²) in [7, 11) is -3.90. The standard InChI is InChI=1S/C21H19FN2O3S2/c22-17-9-11-18(12-10-17)24-29(26,27)20-8-4-5-16(15-20)21(25)23-13-14-28-19-6-2-1-3-7-19/h1-12,15,24H,13-14H2,(H,23,25). The minimum Gasteiger partial charge on any atom is -0.351 e. The van der Waals surface area contributed by atoms with Crippen LogP contribution < -0.4 is 10.0 Å². The van der Waals surface area contributed by atoms with Crippen molar-refractivity contribution in [3.05, 3.63) is 90.2 Å². The largest absolute Gasteiger partial charge is 0.351 e. The lowest BCUT2D eigenvalue weighted by Crippen LogP contribution is -2.26. The van der Waals surface area contributed by atoms with Gasteiger partial charge in [0.05, 0.1) is 4.90 Å². The van der Waals surface area contributed by atoms with Crippen molar-refractivity contribution in [2.75, 3.05) is 17.0 Å². The number of carbonyl (C=O) groups excluding carboxylic acids is 1. The van der Waals surface area contributed by atoms with Crippen LogP contribution in [0, 0.1) is 5.82 Å². The molecule has 0 radical (unpaired) electrons. The normalized spacial score (nSPS) is 11.1. The molecule has 0 spiro atoms. The first-order valence-corrected chi connectivity index (χ1v) is 11.3. The first-order chi connectivity index (χ1) is 13.9. The van der Waals surface area contributed by atoms with E-state index in [0.717, 1.165) is 17.0 Å². The summed E-state index contributed by atoms with van der Waals surface area (Å²) < 4.78 is 40.4. The number of carbonyl (C=O) groups is 1. The number of benzene rings is 3. The van der Waals surface area contributed by atoms with Gasteiger partial charge in [-0.1, -0.05) is 24.3 Å². The van der Waals surface area contributed by atoms with E-state index in [1.807, 2.05) is 30.3 Å². The van der Waals surface area contributed by atoms with Gasteiger partial charge in [0.15, 0.2) is 0 Å². The summed E-state index contributed by atoms with van der Waals surface area (Å²) in [6.07, 6.45) is 0. The second-order valence-corrected chi connectivity index (χ2v) is 8.91. The molecular formula is C21H19FN2O3S2. The molecule has 8 heteroatoms. The molecule has 29 heavy (non-hydrogen) atoms. The van der Waals surface area contributed by atoms with Crippen molar-refractivity contribution >= 4 is 33.4 Å². The number of anilines is 1. The number of amides is 1. The van der Waals surface area contributed by atoms with Crippen molar-refractivity contribution in [2.24, 2.45) is 0 Å². The van der Waals surface area contributed by atoms with Crippen molar-refractivity contribution in [2.45, 2.75) is 9.79 Å². The SMILES string of the molecule is O=C(NCCSc1ccccc1)c1cccc(S(=O)(=O)Nc2ccc(F)cc2)c1. The number of halogens is 1. The van der Waals surface area contributed by atoms with Crippen molar-refractivity contribution in [3.8, 4) is 0 Å². The van der Waals surface area contributed by atoms with E-state index in [2.05, 4.69) is 10.0 Å². The summed E-state index contributed by atoms with van der Waals surface area (Å²) in [5.74, 6) is -0.116. The maximum atomic E-state index is 13.0. The molecule has 0 aliphatic carbocycles. The Hall–Kier alpha value is -2.84.